The molecule has 1 aromatic heterocycles. The summed E-state index contributed by atoms with van der Waals surface area (Å²) in [5, 5.41) is -0.402. The summed E-state index contributed by atoms with van der Waals surface area (Å²) in [5.41, 5.74) is -1.19. The van der Waals surface area contributed by atoms with Gasteiger partial charge in [0.25, 0.3) is 0 Å². The van der Waals surface area contributed by atoms with Gasteiger partial charge in [0.2, 0.25) is 0 Å². The molecule has 32 heavy (non-hydrogen) atoms. The van der Waals surface area contributed by atoms with Crippen LogP contribution in [0, 0.1) is 17.6 Å². The molecule has 2 N–H and O–H groups in total. The molecular weight excluding hydrogens is 447 g/mol. The predicted molar refractivity (Wildman–Crippen MR) is 111 cm³/mol. The van der Waals surface area contributed by atoms with Crippen LogP contribution in [0.2, 0.25) is 0 Å². The zero-order valence-corrected chi connectivity index (χ0v) is 17.9. The van der Waals surface area contributed by atoms with Crippen molar-refractivity contribution in [2.75, 3.05) is 13.7 Å². The summed E-state index contributed by atoms with van der Waals surface area (Å²) < 4.78 is 57.3. The molecule has 1 aliphatic carbocycles. The van der Waals surface area contributed by atoms with Gasteiger partial charge >= 0.3 is 7.82 Å². The number of halogens is 2. The summed E-state index contributed by atoms with van der Waals surface area (Å²) in [4.78, 5) is 31.5. The SMILES string of the molecule is COc1ccc(-c2cn(COP(=O)(O)O)c3c(OCC4CC4)ccc(F)c3c2=O)c(F)c1. The van der Waals surface area contributed by atoms with Gasteiger partial charge in [-0.1, -0.05) is 0 Å². The summed E-state index contributed by atoms with van der Waals surface area (Å²) >= 11 is 0. The molecule has 0 aliphatic heterocycles. The number of phosphoric ester groups is 1. The summed E-state index contributed by atoms with van der Waals surface area (Å²) in [6.45, 7) is -0.377. The summed E-state index contributed by atoms with van der Waals surface area (Å²) in [6, 6.07) is 6.21. The number of phosphoric acid groups is 1. The number of fused-ring (bicyclic) bond motifs is 1. The van der Waals surface area contributed by atoms with E-state index >= 15 is 0 Å². The molecule has 1 saturated carbocycles. The molecule has 1 aliphatic rings. The number of aromatic nitrogens is 1. The van der Waals surface area contributed by atoms with E-state index in [-0.39, 0.29) is 28.1 Å². The van der Waals surface area contributed by atoms with Crippen LogP contribution in [-0.4, -0.2) is 28.1 Å². The fraction of sp³-hybridized carbons (Fsp3) is 0.286. The number of nitrogens with zero attached hydrogens (tertiary/aromatic N) is 1. The van der Waals surface area contributed by atoms with Crippen molar-refractivity contribution < 1.29 is 37.1 Å². The Morgan fingerprint density at radius 1 is 1.12 bits per heavy atom. The van der Waals surface area contributed by atoms with Crippen LogP contribution in [0.5, 0.6) is 11.5 Å². The Labute approximate surface area is 181 Å². The highest BCUT2D eigenvalue weighted by Gasteiger charge is 2.25. The standard InChI is InChI=1S/C21H20F2NO7P/c1-29-13-4-5-14(17(23)8-13)15-9-24(11-31-32(26,27)28)20-18(30-10-12-2-3-12)7-6-16(22)19(20)21(15)25/h4-9,12H,2-3,10-11H2,1H3,(H2,26,27,28). The predicted octanol–water partition coefficient (Wildman–Crippen LogP) is 3.81. The van der Waals surface area contributed by atoms with E-state index < -0.39 is 37.0 Å². The molecule has 0 amide bonds. The first-order chi connectivity index (χ1) is 15.2. The fourth-order valence-corrected chi connectivity index (χ4v) is 3.62. The smallest absolute Gasteiger partial charge is 0.471 e. The van der Waals surface area contributed by atoms with Gasteiger partial charge in [0.1, 0.15) is 29.9 Å². The van der Waals surface area contributed by atoms with Crippen molar-refractivity contribution in [2.24, 2.45) is 5.92 Å². The molecule has 4 rings (SSSR count). The molecule has 170 valence electrons. The third-order valence-corrected chi connectivity index (χ3v) is 5.59. The van der Waals surface area contributed by atoms with E-state index in [4.69, 9.17) is 19.3 Å². The second kappa shape index (κ2) is 8.63. The van der Waals surface area contributed by atoms with E-state index in [9.17, 15) is 18.1 Å². The van der Waals surface area contributed by atoms with Crippen LogP contribution < -0.4 is 14.9 Å². The maximum absolute atomic E-state index is 14.8. The molecule has 1 fully saturated rings. The fourth-order valence-electron chi connectivity index (χ4n) is 3.34. The monoisotopic (exact) mass is 467 g/mol. The van der Waals surface area contributed by atoms with E-state index in [1.54, 1.807) is 0 Å². The summed E-state index contributed by atoms with van der Waals surface area (Å²) in [5.74, 6) is -0.941. The van der Waals surface area contributed by atoms with Crippen LogP contribution in [0.15, 0.2) is 41.3 Å². The Balaban J connectivity index is 1.94. The van der Waals surface area contributed by atoms with Crippen LogP contribution in [-0.2, 0) is 15.8 Å². The Kier molecular flexibility index (Phi) is 6.05. The number of rotatable bonds is 8. The molecule has 0 spiro atoms. The minimum absolute atomic E-state index is 0.0400. The Hall–Kier alpha value is -2.78. The first kappa shape index (κ1) is 22.4. The van der Waals surface area contributed by atoms with Gasteiger partial charge in [-0.2, -0.15) is 0 Å². The van der Waals surface area contributed by atoms with Gasteiger partial charge in [-0.3, -0.25) is 9.32 Å². The van der Waals surface area contributed by atoms with Crippen LogP contribution in [0.1, 0.15) is 12.8 Å². The zero-order valence-electron chi connectivity index (χ0n) is 17.0. The summed E-state index contributed by atoms with van der Waals surface area (Å²) in [7, 11) is -3.54. The van der Waals surface area contributed by atoms with Crippen molar-refractivity contribution in [3.8, 4) is 22.6 Å². The molecule has 1 heterocycles. The van der Waals surface area contributed by atoms with Crippen molar-refractivity contribution >= 4 is 18.7 Å². The number of ether oxygens (including phenoxy) is 2. The van der Waals surface area contributed by atoms with Gasteiger partial charge in [-0.15, -0.1) is 0 Å². The molecule has 0 radical (unpaired) electrons. The first-order valence-corrected chi connectivity index (χ1v) is 11.2. The normalized spacial score (nSPS) is 14.0. The topological polar surface area (TPSA) is 107 Å². The third-order valence-electron chi connectivity index (χ3n) is 5.14. The minimum Gasteiger partial charge on any atom is -0.497 e. The maximum atomic E-state index is 14.8. The average molecular weight is 467 g/mol. The number of pyridine rings is 1. The van der Waals surface area contributed by atoms with Gasteiger partial charge in [0, 0.05) is 23.4 Å². The van der Waals surface area contributed by atoms with E-state index in [2.05, 4.69) is 4.52 Å². The lowest BCUT2D eigenvalue weighted by Gasteiger charge is -2.18. The van der Waals surface area contributed by atoms with Crippen molar-refractivity contribution in [1.82, 2.24) is 4.57 Å². The largest absolute Gasteiger partial charge is 0.497 e. The van der Waals surface area contributed by atoms with Crippen molar-refractivity contribution in [2.45, 2.75) is 19.6 Å². The molecule has 3 aromatic rings. The third kappa shape index (κ3) is 4.68. The first-order valence-electron chi connectivity index (χ1n) is 9.70. The average Bonchev–Trinajstić information content (AvgIpc) is 3.56. The van der Waals surface area contributed by atoms with E-state index in [1.807, 2.05) is 0 Å². The van der Waals surface area contributed by atoms with Crippen LogP contribution in [0.25, 0.3) is 22.0 Å². The highest BCUT2D eigenvalue weighted by atomic mass is 31.2. The second-order valence-corrected chi connectivity index (χ2v) is 8.70. The molecule has 8 nitrogen and oxygen atoms in total. The van der Waals surface area contributed by atoms with Crippen molar-refractivity contribution in [3.63, 3.8) is 0 Å². The number of benzene rings is 2. The van der Waals surface area contributed by atoms with Crippen LogP contribution in [0.3, 0.4) is 0 Å². The van der Waals surface area contributed by atoms with Gasteiger partial charge in [-0.05, 0) is 43.0 Å². The van der Waals surface area contributed by atoms with Crippen LogP contribution in [0.4, 0.5) is 8.78 Å². The Bertz CT molecular complexity index is 1280. The molecule has 11 heteroatoms. The molecule has 0 atom stereocenters. The maximum Gasteiger partial charge on any atom is 0.471 e. The highest BCUT2D eigenvalue weighted by molar-refractivity contribution is 7.46. The van der Waals surface area contributed by atoms with E-state index in [0.717, 1.165) is 35.7 Å². The van der Waals surface area contributed by atoms with Crippen molar-refractivity contribution in [1.29, 1.82) is 0 Å². The number of hydrogen-bond acceptors (Lipinski definition) is 5. The highest BCUT2D eigenvalue weighted by Crippen LogP contribution is 2.38. The lowest BCUT2D eigenvalue weighted by molar-refractivity contribution is 0.155. The molecular formula is C21H20F2NO7P. The molecule has 0 bridgehead atoms. The Morgan fingerprint density at radius 3 is 2.50 bits per heavy atom. The molecule has 0 unspecified atom stereocenters. The van der Waals surface area contributed by atoms with Crippen LogP contribution >= 0.6 is 7.82 Å². The number of methoxy groups -OCH3 is 1. The molecule has 2 aromatic carbocycles. The van der Waals surface area contributed by atoms with Gasteiger partial charge in [0.05, 0.1) is 24.6 Å². The number of hydrogen-bond donors (Lipinski definition) is 2. The summed E-state index contributed by atoms with van der Waals surface area (Å²) in [6.07, 6.45) is 3.15. The molecule has 0 saturated heterocycles. The minimum atomic E-state index is -4.90. The quantitative estimate of drug-likeness (QED) is 0.485. The zero-order chi connectivity index (χ0) is 23.0. The van der Waals surface area contributed by atoms with E-state index in [1.165, 1.54) is 25.3 Å². The lowest BCUT2D eigenvalue weighted by atomic mass is 10.0. The second-order valence-electron chi connectivity index (χ2n) is 7.46. The van der Waals surface area contributed by atoms with Gasteiger partial charge in [0.15, 0.2) is 5.43 Å². The lowest BCUT2D eigenvalue weighted by Crippen LogP contribution is -2.16. The van der Waals surface area contributed by atoms with Gasteiger partial charge < -0.3 is 23.8 Å². The van der Waals surface area contributed by atoms with Gasteiger partial charge in [-0.25, -0.2) is 13.3 Å². The van der Waals surface area contributed by atoms with E-state index in [0.29, 0.717) is 12.5 Å². The van der Waals surface area contributed by atoms with Crippen molar-refractivity contribution in [3.05, 3.63) is 58.4 Å². The Morgan fingerprint density at radius 2 is 1.88 bits per heavy atom.